The molecule has 0 aromatic heterocycles. The van der Waals surface area contributed by atoms with E-state index in [-0.39, 0.29) is 0 Å². The summed E-state index contributed by atoms with van der Waals surface area (Å²) in [5.41, 5.74) is 0. The Bertz CT molecular complexity index is 343. The summed E-state index contributed by atoms with van der Waals surface area (Å²) in [5, 5.41) is 0. The SMILES string of the molecule is CCCCCCCCN(C)C(=S)COCC(=S)N(C)CCCCCCCC. The first-order valence-corrected chi connectivity index (χ1v) is 11.9. The minimum atomic E-state index is 0.493. The third-order valence-corrected chi connectivity index (χ3v) is 5.86. The molecule has 3 nitrogen and oxygen atoms in total. The van der Waals surface area contributed by atoms with Crippen LogP contribution in [0.5, 0.6) is 0 Å². The van der Waals surface area contributed by atoms with Gasteiger partial charge in [0.1, 0.15) is 9.98 Å². The van der Waals surface area contributed by atoms with Crippen LogP contribution in [-0.2, 0) is 4.74 Å². The van der Waals surface area contributed by atoms with Crippen molar-refractivity contribution in [2.75, 3.05) is 40.4 Å². The number of rotatable bonds is 18. The Morgan fingerprint density at radius 1 is 0.593 bits per heavy atom. The van der Waals surface area contributed by atoms with E-state index in [1.807, 2.05) is 0 Å². The highest BCUT2D eigenvalue weighted by Crippen LogP contribution is 2.07. The summed E-state index contributed by atoms with van der Waals surface area (Å²) in [6.07, 6.45) is 15.7. The van der Waals surface area contributed by atoms with E-state index >= 15 is 0 Å². The van der Waals surface area contributed by atoms with Crippen LogP contribution in [-0.4, -0.2) is 60.2 Å². The molecule has 0 unspecified atom stereocenters. The van der Waals surface area contributed by atoms with Crippen LogP contribution >= 0.6 is 24.4 Å². The summed E-state index contributed by atoms with van der Waals surface area (Å²) in [6, 6.07) is 0. The van der Waals surface area contributed by atoms with Crippen LogP contribution < -0.4 is 0 Å². The van der Waals surface area contributed by atoms with E-state index in [1.54, 1.807) is 0 Å². The summed E-state index contributed by atoms with van der Waals surface area (Å²) >= 11 is 11.0. The molecule has 0 radical (unpaired) electrons. The predicted molar refractivity (Wildman–Crippen MR) is 128 cm³/mol. The van der Waals surface area contributed by atoms with Crippen molar-refractivity contribution in [1.82, 2.24) is 9.80 Å². The molecule has 0 amide bonds. The highest BCUT2D eigenvalue weighted by Gasteiger charge is 2.08. The fourth-order valence-electron chi connectivity index (χ4n) is 2.95. The molecule has 0 fully saturated rings. The molecular weight excluding hydrogens is 372 g/mol. The molecule has 5 heteroatoms. The van der Waals surface area contributed by atoms with E-state index in [0.717, 1.165) is 23.1 Å². The van der Waals surface area contributed by atoms with E-state index in [4.69, 9.17) is 29.2 Å². The lowest BCUT2D eigenvalue weighted by Gasteiger charge is -2.22. The van der Waals surface area contributed by atoms with Gasteiger partial charge in [0.2, 0.25) is 0 Å². The lowest BCUT2D eigenvalue weighted by molar-refractivity contribution is 0.200. The molecular formula is C22H44N2OS2. The lowest BCUT2D eigenvalue weighted by Crippen LogP contribution is -2.33. The van der Waals surface area contributed by atoms with Crippen molar-refractivity contribution >= 4 is 34.4 Å². The van der Waals surface area contributed by atoms with Crippen LogP contribution in [0.2, 0.25) is 0 Å². The predicted octanol–water partition coefficient (Wildman–Crippen LogP) is 6.24. The molecule has 0 aromatic carbocycles. The van der Waals surface area contributed by atoms with Crippen molar-refractivity contribution in [2.24, 2.45) is 0 Å². The highest BCUT2D eigenvalue weighted by molar-refractivity contribution is 7.80. The Balaban J connectivity index is 3.68. The zero-order valence-electron chi connectivity index (χ0n) is 18.4. The van der Waals surface area contributed by atoms with Gasteiger partial charge >= 0.3 is 0 Å². The van der Waals surface area contributed by atoms with Crippen LogP contribution in [0.4, 0.5) is 0 Å². The molecule has 0 aliphatic heterocycles. The van der Waals surface area contributed by atoms with Gasteiger partial charge in [-0.2, -0.15) is 0 Å². The highest BCUT2D eigenvalue weighted by atomic mass is 32.1. The second kappa shape index (κ2) is 19.1. The third kappa shape index (κ3) is 16.4. The van der Waals surface area contributed by atoms with Crippen molar-refractivity contribution in [3.63, 3.8) is 0 Å². The zero-order valence-corrected chi connectivity index (χ0v) is 20.1. The fourth-order valence-corrected chi connectivity index (χ4v) is 3.30. The summed E-state index contributed by atoms with van der Waals surface area (Å²) < 4.78 is 5.75. The van der Waals surface area contributed by atoms with Gasteiger partial charge in [-0.3, -0.25) is 0 Å². The number of likely N-dealkylation sites (N-methyl/N-ethyl adjacent to an activating group) is 2. The molecule has 0 spiro atoms. The van der Waals surface area contributed by atoms with Gasteiger partial charge in [-0.15, -0.1) is 0 Å². The number of hydrogen-bond acceptors (Lipinski definition) is 3. The van der Waals surface area contributed by atoms with Crippen LogP contribution in [0, 0.1) is 0 Å². The summed E-state index contributed by atoms with van der Waals surface area (Å²) in [4.78, 5) is 6.06. The molecule has 0 bridgehead atoms. The van der Waals surface area contributed by atoms with Gasteiger partial charge in [0, 0.05) is 27.2 Å². The quantitative estimate of drug-likeness (QED) is 0.193. The normalized spacial score (nSPS) is 10.8. The maximum absolute atomic E-state index is 5.75. The molecule has 0 heterocycles. The van der Waals surface area contributed by atoms with E-state index < -0.39 is 0 Å². The number of nitrogens with zero attached hydrogens (tertiary/aromatic N) is 2. The maximum atomic E-state index is 5.75. The van der Waals surface area contributed by atoms with Crippen LogP contribution in [0.25, 0.3) is 0 Å². The summed E-state index contributed by atoms with van der Waals surface area (Å²) in [5.74, 6) is 0. The number of thiocarbonyl (C=S) groups is 2. The maximum Gasteiger partial charge on any atom is 0.104 e. The summed E-state index contributed by atoms with van der Waals surface area (Å²) in [7, 11) is 4.14. The Hall–Kier alpha value is -0.260. The standard InChI is InChI=1S/C22H44N2OS2/c1-5-7-9-11-13-15-17-23(3)21(26)19-25-20-22(27)24(4)18-16-14-12-10-8-6-2/h5-20H2,1-4H3. The molecule has 0 atom stereocenters. The number of ether oxygens (including phenoxy) is 1. The van der Waals surface area contributed by atoms with Crippen molar-refractivity contribution in [3.05, 3.63) is 0 Å². The van der Waals surface area contributed by atoms with Crippen LogP contribution in [0.1, 0.15) is 90.9 Å². The molecule has 0 rings (SSSR count). The first-order valence-electron chi connectivity index (χ1n) is 11.1. The summed E-state index contributed by atoms with van der Waals surface area (Å²) in [6.45, 7) is 7.54. The van der Waals surface area contributed by atoms with E-state index in [1.165, 1.54) is 77.0 Å². The molecule has 0 aliphatic rings. The van der Waals surface area contributed by atoms with E-state index in [0.29, 0.717) is 13.2 Å². The molecule has 0 saturated carbocycles. The van der Waals surface area contributed by atoms with Gasteiger partial charge in [-0.1, -0.05) is 102 Å². The number of unbranched alkanes of at least 4 members (excludes halogenated alkanes) is 10. The lowest BCUT2D eigenvalue weighted by atomic mass is 10.1. The van der Waals surface area contributed by atoms with Gasteiger partial charge in [0.15, 0.2) is 0 Å². The topological polar surface area (TPSA) is 15.7 Å². The third-order valence-electron chi connectivity index (χ3n) is 5.00. The van der Waals surface area contributed by atoms with Crippen molar-refractivity contribution in [2.45, 2.75) is 90.9 Å². The smallest absolute Gasteiger partial charge is 0.104 e. The molecule has 27 heavy (non-hydrogen) atoms. The second-order valence-electron chi connectivity index (χ2n) is 7.66. The Labute approximate surface area is 180 Å². The first-order chi connectivity index (χ1) is 13.0. The van der Waals surface area contributed by atoms with E-state index in [9.17, 15) is 0 Å². The number of hydrogen-bond donors (Lipinski definition) is 0. The Kier molecular flexibility index (Phi) is 18.9. The minimum absolute atomic E-state index is 0.493. The van der Waals surface area contributed by atoms with Gasteiger partial charge < -0.3 is 14.5 Å². The minimum Gasteiger partial charge on any atom is -0.367 e. The average molecular weight is 417 g/mol. The average Bonchev–Trinajstić information content (AvgIpc) is 2.66. The molecule has 0 aromatic rings. The van der Waals surface area contributed by atoms with Crippen molar-refractivity contribution in [1.29, 1.82) is 0 Å². The van der Waals surface area contributed by atoms with Gasteiger partial charge in [-0.25, -0.2) is 0 Å². The first kappa shape index (κ1) is 26.7. The molecule has 0 saturated heterocycles. The van der Waals surface area contributed by atoms with Crippen LogP contribution in [0.3, 0.4) is 0 Å². The Morgan fingerprint density at radius 2 is 0.926 bits per heavy atom. The van der Waals surface area contributed by atoms with Crippen molar-refractivity contribution in [3.8, 4) is 0 Å². The Morgan fingerprint density at radius 3 is 1.30 bits per heavy atom. The second-order valence-corrected chi connectivity index (χ2v) is 8.60. The van der Waals surface area contributed by atoms with E-state index in [2.05, 4.69) is 37.7 Å². The largest absolute Gasteiger partial charge is 0.367 e. The zero-order chi connectivity index (χ0) is 20.3. The van der Waals surface area contributed by atoms with Gasteiger partial charge in [-0.05, 0) is 12.8 Å². The van der Waals surface area contributed by atoms with Crippen LogP contribution in [0.15, 0.2) is 0 Å². The molecule has 0 N–H and O–H groups in total. The monoisotopic (exact) mass is 416 g/mol. The molecule has 0 aliphatic carbocycles. The molecule has 160 valence electrons. The fraction of sp³-hybridized carbons (Fsp3) is 0.909. The van der Waals surface area contributed by atoms with Gasteiger partial charge in [0.25, 0.3) is 0 Å². The van der Waals surface area contributed by atoms with Gasteiger partial charge in [0.05, 0.1) is 13.2 Å². The van der Waals surface area contributed by atoms with Crippen molar-refractivity contribution < 1.29 is 4.74 Å².